The molecule has 0 unspecified atom stereocenters. The van der Waals surface area contributed by atoms with Crippen molar-refractivity contribution in [2.24, 2.45) is 0 Å². The van der Waals surface area contributed by atoms with E-state index in [0.717, 1.165) is 0 Å². The summed E-state index contributed by atoms with van der Waals surface area (Å²) < 4.78 is 5.59. The number of nitrogens with one attached hydrogen (secondary N) is 1. The summed E-state index contributed by atoms with van der Waals surface area (Å²) >= 11 is 0. The molecule has 0 saturated carbocycles. The van der Waals surface area contributed by atoms with Gasteiger partial charge in [-0.3, -0.25) is 14.4 Å². The van der Waals surface area contributed by atoms with Gasteiger partial charge < -0.3 is 19.9 Å². The van der Waals surface area contributed by atoms with E-state index in [1.807, 2.05) is 0 Å². The molecule has 24 heavy (non-hydrogen) atoms. The van der Waals surface area contributed by atoms with E-state index >= 15 is 0 Å². The smallest absolute Gasteiger partial charge is 0.305 e. The van der Waals surface area contributed by atoms with Gasteiger partial charge in [0.15, 0.2) is 16.8 Å². The number of rotatable bonds is 4. The molecule has 0 bridgehead atoms. The SMILES string of the molecule is O=C(O)CCNC(=O)c1c2oc3cc(O)ccc3nc-2ccc1=O. The molecule has 0 radical (unpaired) electrons. The summed E-state index contributed by atoms with van der Waals surface area (Å²) in [6.07, 6.45) is -0.267. The molecule has 0 saturated heterocycles. The number of hydrogen-bond acceptors (Lipinski definition) is 6. The minimum absolute atomic E-state index is 0.0200. The van der Waals surface area contributed by atoms with Crippen LogP contribution < -0.4 is 10.7 Å². The highest BCUT2D eigenvalue weighted by molar-refractivity contribution is 6.00. The highest BCUT2D eigenvalue weighted by Crippen LogP contribution is 2.28. The first-order chi connectivity index (χ1) is 11.5. The minimum Gasteiger partial charge on any atom is -0.508 e. The molecule has 1 aliphatic carbocycles. The Hall–Kier alpha value is -3.42. The van der Waals surface area contributed by atoms with E-state index in [9.17, 15) is 19.5 Å². The minimum atomic E-state index is -1.07. The third-order valence-electron chi connectivity index (χ3n) is 3.35. The zero-order valence-corrected chi connectivity index (χ0v) is 12.3. The van der Waals surface area contributed by atoms with Crippen molar-refractivity contribution >= 4 is 23.0 Å². The molecule has 1 heterocycles. The molecule has 8 nitrogen and oxygen atoms in total. The van der Waals surface area contributed by atoms with Crippen molar-refractivity contribution in [2.45, 2.75) is 6.42 Å². The maximum Gasteiger partial charge on any atom is 0.305 e. The van der Waals surface area contributed by atoms with Gasteiger partial charge >= 0.3 is 5.97 Å². The van der Waals surface area contributed by atoms with Crippen LogP contribution in [0.25, 0.3) is 22.6 Å². The fourth-order valence-corrected chi connectivity index (χ4v) is 2.25. The number of carbonyl (C=O) groups is 2. The standard InChI is InChI=1S/C16H12N2O6/c19-8-1-2-9-12(7-8)24-15-10(18-9)3-4-11(20)14(15)16(23)17-6-5-13(21)22/h1-4,7,19H,5-6H2,(H,17,23)(H,21,22). The van der Waals surface area contributed by atoms with Crippen LogP contribution in [-0.4, -0.2) is 33.6 Å². The van der Waals surface area contributed by atoms with Crippen molar-refractivity contribution in [1.29, 1.82) is 0 Å². The molecular weight excluding hydrogens is 316 g/mol. The number of nitrogens with zero attached hydrogens (tertiary/aromatic N) is 1. The first-order valence-electron chi connectivity index (χ1n) is 7.02. The second kappa shape index (κ2) is 5.99. The second-order valence-electron chi connectivity index (χ2n) is 5.05. The summed E-state index contributed by atoms with van der Waals surface area (Å²) in [5.74, 6) is -1.87. The van der Waals surface area contributed by atoms with Crippen LogP contribution in [0.4, 0.5) is 0 Å². The van der Waals surface area contributed by atoms with Crippen molar-refractivity contribution < 1.29 is 24.2 Å². The molecule has 1 aromatic carbocycles. The van der Waals surface area contributed by atoms with E-state index in [-0.39, 0.29) is 35.6 Å². The van der Waals surface area contributed by atoms with Gasteiger partial charge in [0, 0.05) is 12.6 Å². The molecule has 1 aromatic rings. The van der Waals surface area contributed by atoms with E-state index in [1.165, 1.54) is 24.3 Å². The first-order valence-corrected chi connectivity index (χ1v) is 7.02. The number of phenols is 1. The van der Waals surface area contributed by atoms with E-state index < -0.39 is 17.3 Å². The van der Waals surface area contributed by atoms with Crippen LogP contribution in [0, 0.1) is 0 Å². The Morgan fingerprint density at radius 1 is 1.21 bits per heavy atom. The van der Waals surface area contributed by atoms with Gasteiger partial charge in [0.1, 0.15) is 22.5 Å². The Balaban J connectivity index is 2.09. The van der Waals surface area contributed by atoms with Gasteiger partial charge in [0.2, 0.25) is 0 Å². The number of amides is 1. The van der Waals surface area contributed by atoms with Crippen molar-refractivity contribution in [3.63, 3.8) is 0 Å². The van der Waals surface area contributed by atoms with Crippen molar-refractivity contribution in [3.8, 4) is 17.2 Å². The van der Waals surface area contributed by atoms with Crippen molar-refractivity contribution in [3.05, 3.63) is 46.1 Å². The van der Waals surface area contributed by atoms with Crippen LogP contribution in [0.1, 0.15) is 16.8 Å². The fourth-order valence-electron chi connectivity index (χ4n) is 2.25. The van der Waals surface area contributed by atoms with E-state index in [1.54, 1.807) is 6.07 Å². The molecule has 0 aromatic heterocycles. The third-order valence-corrected chi connectivity index (χ3v) is 3.35. The van der Waals surface area contributed by atoms with Gasteiger partial charge in [-0.15, -0.1) is 0 Å². The highest BCUT2D eigenvalue weighted by Gasteiger charge is 2.22. The van der Waals surface area contributed by atoms with E-state index in [0.29, 0.717) is 11.2 Å². The Bertz CT molecular complexity index is 978. The fraction of sp³-hybridized carbons (Fsp3) is 0.125. The summed E-state index contributed by atoms with van der Waals surface area (Å²) in [7, 11) is 0. The number of fused-ring (bicyclic) bond motifs is 2. The summed E-state index contributed by atoms with van der Waals surface area (Å²) in [6.45, 7) is -0.119. The van der Waals surface area contributed by atoms with Gasteiger partial charge in [0.05, 0.1) is 6.42 Å². The lowest BCUT2D eigenvalue weighted by Gasteiger charge is -2.10. The Morgan fingerprint density at radius 3 is 2.75 bits per heavy atom. The van der Waals surface area contributed by atoms with Gasteiger partial charge in [0.25, 0.3) is 5.91 Å². The van der Waals surface area contributed by atoms with Gasteiger partial charge in [-0.25, -0.2) is 4.98 Å². The average molecular weight is 328 g/mol. The number of carboxylic acids is 1. The van der Waals surface area contributed by atoms with Gasteiger partial charge in [-0.1, -0.05) is 0 Å². The molecule has 8 heteroatoms. The maximum absolute atomic E-state index is 12.2. The lowest BCUT2D eigenvalue weighted by Crippen LogP contribution is -2.31. The first kappa shape index (κ1) is 15.5. The second-order valence-corrected chi connectivity index (χ2v) is 5.05. The normalized spacial score (nSPS) is 10.8. The van der Waals surface area contributed by atoms with Gasteiger partial charge in [-0.2, -0.15) is 0 Å². The number of hydrogen-bond donors (Lipinski definition) is 3. The van der Waals surface area contributed by atoms with Crippen LogP contribution >= 0.6 is 0 Å². The molecule has 122 valence electrons. The molecule has 2 aliphatic rings. The Kier molecular flexibility index (Phi) is 3.87. The van der Waals surface area contributed by atoms with Gasteiger partial charge in [-0.05, 0) is 24.3 Å². The maximum atomic E-state index is 12.2. The predicted molar refractivity (Wildman–Crippen MR) is 83.2 cm³/mol. The predicted octanol–water partition coefficient (Wildman–Crippen LogP) is 1.20. The van der Waals surface area contributed by atoms with Crippen LogP contribution in [0.2, 0.25) is 0 Å². The Labute approximate surface area is 134 Å². The van der Waals surface area contributed by atoms with Crippen molar-refractivity contribution in [1.82, 2.24) is 10.3 Å². The molecule has 0 fully saturated rings. The molecule has 0 spiro atoms. The molecule has 0 atom stereocenters. The molecule has 3 rings (SSSR count). The lowest BCUT2D eigenvalue weighted by atomic mass is 10.1. The van der Waals surface area contributed by atoms with E-state index in [4.69, 9.17) is 9.52 Å². The molecule has 1 aliphatic heterocycles. The quantitative estimate of drug-likeness (QED) is 0.613. The van der Waals surface area contributed by atoms with Crippen LogP contribution in [0.3, 0.4) is 0 Å². The summed E-state index contributed by atoms with van der Waals surface area (Å²) in [5.41, 5.74) is 0.149. The van der Waals surface area contributed by atoms with Crippen molar-refractivity contribution in [2.75, 3.05) is 6.54 Å². The molecule has 3 N–H and O–H groups in total. The number of aromatic hydroxyl groups is 1. The topological polar surface area (TPSA) is 130 Å². The zero-order chi connectivity index (χ0) is 17.3. The number of aliphatic carboxylic acids is 1. The summed E-state index contributed by atoms with van der Waals surface area (Å²) in [4.78, 5) is 39.1. The molecule has 1 amide bonds. The zero-order valence-electron chi connectivity index (χ0n) is 12.3. The van der Waals surface area contributed by atoms with Crippen LogP contribution in [0.15, 0.2) is 39.5 Å². The van der Waals surface area contributed by atoms with Crippen LogP contribution in [0.5, 0.6) is 5.75 Å². The Morgan fingerprint density at radius 2 is 2.00 bits per heavy atom. The lowest BCUT2D eigenvalue weighted by molar-refractivity contribution is -0.136. The average Bonchev–Trinajstić information content (AvgIpc) is 2.52. The molecular formula is C16H12N2O6. The number of carboxylic acid groups (broad SMARTS) is 1. The number of phenolic OH excluding ortho intramolecular Hbond substituents is 1. The highest BCUT2D eigenvalue weighted by atomic mass is 16.4. The number of carbonyl (C=O) groups excluding carboxylic acids is 1. The van der Waals surface area contributed by atoms with Crippen LogP contribution in [-0.2, 0) is 4.79 Å². The largest absolute Gasteiger partial charge is 0.508 e. The van der Waals surface area contributed by atoms with E-state index in [2.05, 4.69) is 10.3 Å². The monoisotopic (exact) mass is 328 g/mol. The number of aromatic nitrogens is 1. The number of benzene rings is 2. The summed E-state index contributed by atoms with van der Waals surface area (Å²) in [5, 5.41) is 20.5. The third kappa shape index (κ3) is 2.89. The summed E-state index contributed by atoms with van der Waals surface area (Å²) in [6, 6.07) is 6.94.